The molecule has 0 fully saturated rings. The molecule has 124 valence electrons. The standard InChI is InChI=1S/C17H17N3O3S/c1-11-16(12-5-4-8-18-10-12)20-17(19-11)14-7-6-13(24(3,21)22)9-15(14)23-2/h4-10H,1-3H3,(H,19,20). The summed E-state index contributed by atoms with van der Waals surface area (Å²) >= 11 is 0. The van der Waals surface area contributed by atoms with E-state index in [4.69, 9.17) is 4.74 Å². The van der Waals surface area contributed by atoms with Crippen LogP contribution >= 0.6 is 0 Å². The summed E-state index contributed by atoms with van der Waals surface area (Å²) in [6, 6.07) is 8.54. The molecule has 3 aromatic rings. The third kappa shape index (κ3) is 3.03. The highest BCUT2D eigenvalue weighted by Gasteiger charge is 2.17. The van der Waals surface area contributed by atoms with E-state index in [2.05, 4.69) is 15.0 Å². The number of rotatable bonds is 4. The second-order valence-corrected chi connectivity index (χ2v) is 7.45. The molecule has 1 N–H and O–H groups in total. The highest BCUT2D eigenvalue weighted by molar-refractivity contribution is 7.90. The second-order valence-electron chi connectivity index (χ2n) is 5.43. The van der Waals surface area contributed by atoms with Gasteiger partial charge >= 0.3 is 0 Å². The summed E-state index contributed by atoms with van der Waals surface area (Å²) in [4.78, 5) is 12.2. The molecular weight excluding hydrogens is 326 g/mol. The number of hydrogen-bond acceptors (Lipinski definition) is 5. The van der Waals surface area contributed by atoms with Crippen molar-refractivity contribution < 1.29 is 13.2 Å². The molecule has 0 bridgehead atoms. The van der Waals surface area contributed by atoms with Gasteiger partial charge in [0.2, 0.25) is 0 Å². The minimum absolute atomic E-state index is 0.207. The number of H-pyrrole nitrogens is 1. The van der Waals surface area contributed by atoms with E-state index in [0.29, 0.717) is 17.1 Å². The Morgan fingerprint density at radius 1 is 1.21 bits per heavy atom. The van der Waals surface area contributed by atoms with Gasteiger partial charge in [-0.25, -0.2) is 13.4 Å². The lowest BCUT2D eigenvalue weighted by Gasteiger charge is -2.08. The van der Waals surface area contributed by atoms with Gasteiger partial charge in [0.15, 0.2) is 9.84 Å². The van der Waals surface area contributed by atoms with Crippen molar-refractivity contribution in [3.05, 3.63) is 48.4 Å². The van der Waals surface area contributed by atoms with Crippen LogP contribution in [0.25, 0.3) is 22.6 Å². The van der Waals surface area contributed by atoms with Crippen LogP contribution in [0.5, 0.6) is 5.75 Å². The summed E-state index contributed by atoms with van der Waals surface area (Å²) in [5.41, 5.74) is 3.30. The van der Waals surface area contributed by atoms with Crippen molar-refractivity contribution in [1.82, 2.24) is 15.0 Å². The second kappa shape index (κ2) is 6.09. The van der Waals surface area contributed by atoms with Gasteiger partial charge in [0.1, 0.15) is 11.6 Å². The van der Waals surface area contributed by atoms with Gasteiger partial charge in [-0.2, -0.15) is 0 Å². The Morgan fingerprint density at radius 2 is 2.00 bits per heavy atom. The van der Waals surface area contributed by atoms with Crippen molar-refractivity contribution >= 4 is 9.84 Å². The highest BCUT2D eigenvalue weighted by Crippen LogP contribution is 2.32. The summed E-state index contributed by atoms with van der Waals surface area (Å²) in [5.74, 6) is 1.06. The van der Waals surface area contributed by atoms with Crippen molar-refractivity contribution in [3.8, 4) is 28.4 Å². The van der Waals surface area contributed by atoms with Gasteiger partial charge in [0.25, 0.3) is 0 Å². The molecule has 6 nitrogen and oxygen atoms in total. The lowest BCUT2D eigenvalue weighted by molar-refractivity contribution is 0.415. The van der Waals surface area contributed by atoms with Crippen molar-refractivity contribution in [2.24, 2.45) is 0 Å². The molecular formula is C17H17N3O3S. The number of ether oxygens (including phenoxy) is 1. The first-order valence-corrected chi connectivity index (χ1v) is 9.15. The topological polar surface area (TPSA) is 84.9 Å². The molecule has 0 aliphatic carbocycles. The zero-order valence-electron chi connectivity index (χ0n) is 13.6. The molecule has 0 aliphatic heterocycles. The average molecular weight is 343 g/mol. The van der Waals surface area contributed by atoms with E-state index in [1.165, 1.54) is 19.4 Å². The van der Waals surface area contributed by atoms with Crippen LogP contribution in [0.15, 0.2) is 47.6 Å². The summed E-state index contributed by atoms with van der Waals surface area (Å²) in [6.07, 6.45) is 4.62. The normalized spacial score (nSPS) is 11.5. The molecule has 1 aromatic carbocycles. The van der Waals surface area contributed by atoms with Gasteiger partial charge in [-0.15, -0.1) is 0 Å². The monoisotopic (exact) mass is 343 g/mol. The van der Waals surface area contributed by atoms with E-state index in [1.807, 2.05) is 19.1 Å². The molecule has 7 heteroatoms. The van der Waals surface area contributed by atoms with Gasteiger partial charge < -0.3 is 9.72 Å². The summed E-state index contributed by atoms with van der Waals surface area (Å²) < 4.78 is 28.8. The smallest absolute Gasteiger partial charge is 0.175 e. The van der Waals surface area contributed by atoms with Crippen LogP contribution in [0.2, 0.25) is 0 Å². The quantitative estimate of drug-likeness (QED) is 0.787. The first kappa shape index (κ1) is 16.2. The fraction of sp³-hybridized carbons (Fsp3) is 0.176. The molecule has 0 unspecified atom stereocenters. The molecule has 2 aromatic heterocycles. The average Bonchev–Trinajstić information content (AvgIpc) is 2.96. The first-order valence-electron chi connectivity index (χ1n) is 7.25. The number of nitrogens with zero attached hydrogens (tertiary/aromatic N) is 2. The lowest BCUT2D eigenvalue weighted by Crippen LogP contribution is -1.99. The molecule has 0 aliphatic rings. The third-order valence-electron chi connectivity index (χ3n) is 3.68. The number of nitrogens with one attached hydrogen (secondary N) is 1. The Bertz CT molecular complexity index is 980. The number of imidazole rings is 1. The predicted molar refractivity (Wildman–Crippen MR) is 91.7 cm³/mol. The predicted octanol–water partition coefficient (Wildman–Crippen LogP) is 2.86. The van der Waals surface area contributed by atoms with E-state index in [9.17, 15) is 8.42 Å². The Balaban J connectivity index is 2.10. The van der Waals surface area contributed by atoms with E-state index < -0.39 is 9.84 Å². The van der Waals surface area contributed by atoms with Crippen molar-refractivity contribution in [3.63, 3.8) is 0 Å². The first-order chi connectivity index (χ1) is 11.4. The van der Waals surface area contributed by atoms with Gasteiger partial charge in [-0.1, -0.05) is 0 Å². The number of methoxy groups -OCH3 is 1. The molecule has 24 heavy (non-hydrogen) atoms. The van der Waals surface area contributed by atoms with Crippen LogP contribution in [-0.2, 0) is 9.84 Å². The Hall–Kier alpha value is -2.67. The molecule has 0 spiro atoms. The lowest BCUT2D eigenvalue weighted by atomic mass is 10.2. The maximum atomic E-state index is 11.7. The number of aromatic nitrogens is 3. The van der Waals surface area contributed by atoms with Gasteiger partial charge in [-0.05, 0) is 37.3 Å². The van der Waals surface area contributed by atoms with E-state index in [-0.39, 0.29) is 4.90 Å². The van der Waals surface area contributed by atoms with Crippen molar-refractivity contribution in [2.75, 3.05) is 13.4 Å². The van der Waals surface area contributed by atoms with Crippen LogP contribution in [0.4, 0.5) is 0 Å². The van der Waals surface area contributed by atoms with Crippen molar-refractivity contribution in [2.45, 2.75) is 11.8 Å². The Kier molecular flexibility index (Phi) is 4.11. The minimum atomic E-state index is -3.30. The van der Waals surface area contributed by atoms with Crippen molar-refractivity contribution in [1.29, 1.82) is 0 Å². The molecule has 0 saturated heterocycles. The number of benzene rings is 1. The van der Waals surface area contributed by atoms with Gasteiger partial charge in [0, 0.05) is 29.9 Å². The fourth-order valence-electron chi connectivity index (χ4n) is 2.47. The van der Waals surface area contributed by atoms with Gasteiger partial charge in [0.05, 0.1) is 23.3 Å². The summed E-state index contributed by atoms with van der Waals surface area (Å²) in [7, 11) is -1.80. The van der Waals surface area contributed by atoms with Crippen LogP contribution in [0.1, 0.15) is 5.69 Å². The molecule has 0 saturated carbocycles. The highest BCUT2D eigenvalue weighted by atomic mass is 32.2. The Labute approximate surface area is 140 Å². The maximum Gasteiger partial charge on any atom is 0.175 e. The molecule has 2 heterocycles. The SMILES string of the molecule is COc1cc(S(C)(=O)=O)ccc1-c1nc(-c2cccnc2)c(C)[nH]1. The summed E-state index contributed by atoms with van der Waals surface area (Å²) in [6.45, 7) is 1.93. The van der Waals surface area contributed by atoms with Gasteiger partial charge in [-0.3, -0.25) is 4.98 Å². The molecule has 0 amide bonds. The number of aryl methyl sites for hydroxylation is 1. The Morgan fingerprint density at radius 3 is 2.62 bits per heavy atom. The number of aromatic amines is 1. The summed E-state index contributed by atoms with van der Waals surface area (Å²) in [5, 5.41) is 0. The number of sulfone groups is 1. The maximum absolute atomic E-state index is 11.7. The molecule has 3 rings (SSSR count). The van der Waals surface area contributed by atoms with E-state index in [1.54, 1.807) is 24.5 Å². The number of pyridine rings is 1. The zero-order chi connectivity index (χ0) is 17.3. The fourth-order valence-corrected chi connectivity index (χ4v) is 3.11. The number of hydrogen-bond donors (Lipinski definition) is 1. The third-order valence-corrected chi connectivity index (χ3v) is 4.79. The largest absolute Gasteiger partial charge is 0.496 e. The minimum Gasteiger partial charge on any atom is -0.496 e. The van der Waals surface area contributed by atoms with E-state index in [0.717, 1.165) is 17.0 Å². The molecule has 0 radical (unpaired) electrons. The zero-order valence-corrected chi connectivity index (χ0v) is 14.4. The van der Waals surface area contributed by atoms with Crippen LogP contribution in [0.3, 0.4) is 0 Å². The van der Waals surface area contributed by atoms with Crippen LogP contribution < -0.4 is 4.74 Å². The molecule has 0 atom stereocenters. The van der Waals surface area contributed by atoms with E-state index >= 15 is 0 Å². The van der Waals surface area contributed by atoms with Crippen LogP contribution in [0, 0.1) is 6.92 Å². The van der Waals surface area contributed by atoms with Crippen LogP contribution in [-0.4, -0.2) is 36.7 Å².